The first-order valence-electron chi connectivity index (χ1n) is 7.95. The molecule has 1 fully saturated rings. The Morgan fingerprint density at radius 1 is 1.15 bits per heavy atom. The summed E-state index contributed by atoms with van der Waals surface area (Å²) in [6.45, 7) is -0.112. The largest absolute Gasteiger partial charge is 0.497 e. The molecule has 0 spiro atoms. The van der Waals surface area contributed by atoms with Gasteiger partial charge in [0.25, 0.3) is 11.8 Å². The van der Waals surface area contributed by atoms with Gasteiger partial charge in [0.15, 0.2) is 6.61 Å². The first kappa shape index (κ1) is 18.9. The number of methoxy groups -OCH3 is 1. The van der Waals surface area contributed by atoms with Crippen LogP contribution in [0.5, 0.6) is 11.5 Å². The Morgan fingerprint density at radius 2 is 1.81 bits per heavy atom. The lowest BCUT2D eigenvalue weighted by Gasteiger charge is -2.08. The molecule has 0 bridgehead atoms. The Balaban J connectivity index is 1.52. The van der Waals surface area contributed by atoms with Crippen LogP contribution in [-0.4, -0.2) is 29.9 Å². The van der Waals surface area contributed by atoms with E-state index in [1.54, 1.807) is 61.7 Å². The summed E-state index contributed by atoms with van der Waals surface area (Å²) in [7, 11) is 1.58. The van der Waals surface area contributed by atoms with Crippen LogP contribution in [0.15, 0.2) is 53.4 Å². The van der Waals surface area contributed by atoms with Gasteiger partial charge in [0.1, 0.15) is 15.8 Å². The maximum Gasteiger partial charge on any atom is 0.263 e. The first-order valence-corrected chi connectivity index (χ1v) is 9.17. The topological polar surface area (TPSA) is 76.7 Å². The van der Waals surface area contributed by atoms with Crippen molar-refractivity contribution in [2.75, 3.05) is 19.0 Å². The average molecular weight is 400 g/mol. The van der Waals surface area contributed by atoms with Gasteiger partial charge in [0.05, 0.1) is 12.0 Å². The van der Waals surface area contributed by atoms with Crippen molar-refractivity contribution < 1.29 is 19.1 Å². The number of thiocarbonyl (C=S) groups is 1. The zero-order valence-corrected chi connectivity index (χ0v) is 16.0. The van der Waals surface area contributed by atoms with Gasteiger partial charge >= 0.3 is 0 Å². The van der Waals surface area contributed by atoms with Gasteiger partial charge in [-0.2, -0.15) is 0 Å². The van der Waals surface area contributed by atoms with E-state index in [9.17, 15) is 9.59 Å². The van der Waals surface area contributed by atoms with Crippen LogP contribution < -0.4 is 20.1 Å². The fourth-order valence-electron chi connectivity index (χ4n) is 2.25. The highest BCUT2D eigenvalue weighted by Gasteiger charge is 2.21. The smallest absolute Gasteiger partial charge is 0.263 e. The van der Waals surface area contributed by atoms with E-state index in [-0.39, 0.29) is 18.4 Å². The van der Waals surface area contributed by atoms with Crippen molar-refractivity contribution in [2.45, 2.75) is 0 Å². The third-order valence-electron chi connectivity index (χ3n) is 3.56. The minimum absolute atomic E-state index is 0.112. The second-order valence-corrected chi connectivity index (χ2v) is 7.21. The first-order chi connectivity index (χ1) is 13.0. The van der Waals surface area contributed by atoms with Gasteiger partial charge in [-0.1, -0.05) is 36.1 Å². The third kappa shape index (κ3) is 5.32. The minimum atomic E-state index is -0.265. The number of anilines is 1. The fraction of sp³-hybridized carbons (Fsp3) is 0.105. The molecule has 6 nitrogen and oxygen atoms in total. The van der Waals surface area contributed by atoms with Crippen LogP contribution in [-0.2, 0) is 9.59 Å². The fourth-order valence-corrected chi connectivity index (χ4v) is 3.30. The number of hydrogen-bond donors (Lipinski definition) is 2. The molecule has 2 aromatic carbocycles. The molecule has 0 saturated carbocycles. The molecule has 1 saturated heterocycles. The van der Waals surface area contributed by atoms with Crippen molar-refractivity contribution in [1.82, 2.24) is 5.32 Å². The van der Waals surface area contributed by atoms with Crippen LogP contribution in [0.3, 0.4) is 0 Å². The number of carbonyl (C=O) groups is 2. The van der Waals surface area contributed by atoms with Gasteiger partial charge in [-0.3, -0.25) is 9.59 Å². The maximum absolute atomic E-state index is 12.0. The second kappa shape index (κ2) is 8.70. The van der Waals surface area contributed by atoms with Gasteiger partial charge in [-0.25, -0.2) is 0 Å². The SMILES string of the molecule is COc1ccc(NC(=O)COc2ccc(/C=C3\SC(=S)NC3=O)cc2)cc1. The number of rotatable bonds is 6. The van der Waals surface area contributed by atoms with Crippen molar-refractivity contribution in [2.24, 2.45) is 0 Å². The number of thioether (sulfide) groups is 1. The number of hydrogen-bond acceptors (Lipinski definition) is 6. The summed E-state index contributed by atoms with van der Waals surface area (Å²) in [4.78, 5) is 24.2. The predicted octanol–water partition coefficient (Wildman–Crippen LogP) is 3.20. The summed E-state index contributed by atoms with van der Waals surface area (Å²) < 4.78 is 11.0. The van der Waals surface area contributed by atoms with Crippen molar-refractivity contribution >= 4 is 51.9 Å². The number of amides is 2. The summed E-state index contributed by atoms with van der Waals surface area (Å²) in [5, 5.41) is 5.31. The van der Waals surface area contributed by atoms with Crippen molar-refractivity contribution in [3.05, 3.63) is 59.0 Å². The van der Waals surface area contributed by atoms with Crippen LogP contribution in [0.2, 0.25) is 0 Å². The normalized spacial score (nSPS) is 14.8. The standard InChI is InChI=1S/C19H16N2O4S2/c1-24-14-8-4-13(5-9-14)20-17(22)11-25-15-6-2-12(3-7-15)10-16-18(23)21-19(26)27-16/h2-10H,11H2,1H3,(H,20,22)(H,21,23,26)/b16-10-. The lowest BCUT2D eigenvalue weighted by molar-refractivity contribution is -0.118. The molecule has 1 aliphatic rings. The molecule has 0 aromatic heterocycles. The second-order valence-electron chi connectivity index (χ2n) is 5.49. The Bertz CT molecular complexity index is 893. The lowest BCUT2D eigenvalue weighted by atomic mass is 10.2. The summed E-state index contributed by atoms with van der Waals surface area (Å²) in [5.74, 6) is 0.815. The number of nitrogens with one attached hydrogen (secondary N) is 2. The van der Waals surface area contributed by atoms with E-state index in [0.717, 1.165) is 11.3 Å². The number of benzene rings is 2. The zero-order chi connectivity index (χ0) is 19.2. The predicted molar refractivity (Wildman–Crippen MR) is 110 cm³/mol. The van der Waals surface area contributed by atoms with E-state index < -0.39 is 0 Å². The Hall–Kier alpha value is -2.84. The monoisotopic (exact) mass is 400 g/mol. The zero-order valence-electron chi connectivity index (χ0n) is 14.4. The lowest BCUT2D eigenvalue weighted by Crippen LogP contribution is -2.20. The van der Waals surface area contributed by atoms with Gasteiger partial charge in [-0.15, -0.1) is 0 Å². The molecule has 1 aliphatic heterocycles. The van der Waals surface area contributed by atoms with E-state index in [1.807, 2.05) is 0 Å². The molecule has 0 aliphatic carbocycles. The maximum atomic E-state index is 12.0. The quantitative estimate of drug-likeness (QED) is 0.573. The van der Waals surface area contributed by atoms with E-state index >= 15 is 0 Å². The molecule has 138 valence electrons. The van der Waals surface area contributed by atoms with E-state index in [4.69, 9.17) is 21.7 Å². The van der Waals surface area contributed by atoms with Crippen LogP contribution in [0.25, 0.3) is 6.08 Å². The molecule has 1 heterocycles. The molecule has 2 amide bonds. The average Bonchev–Trinajstić information content (AvgIpc) is 2.98. The van der Waals surface area contributed by atoms with Gasteiger partial charge in [0, 0.05) is 5.69 Å². The molecule has 27 heavy (non-hydrogen) atoms. The van der Waals surface area contributed by atoms with E-state index in [0.29, 0.717) is 20.7 Å². The molecule has 0 atom stereocenters. The molecule has 3 rings (SSSR count). The Morgan fingerprint density at radius 3 is 2.41 bits per heavy atom. The highest BCUT2D eigenvalue weighted by atomic mass is 32.2. The van der Waals surface area contributed by atoms with Crippen molar-refractivity contribution in [3.8, 4) is 11.5 Å². The molecule has 0 unspecified atom stereocenters. The molecule has 2 aromatic rings. The Kier molecular flexibility index (Phi) is 6.10. The highest BCUT2D eigenvalue weighted by Crippen LogP contribution is 2.26. The summed E-state index contributed by atoms with van der Waals surface area (Å²) in [6.07, 6.45) is 1.75. The van der Waals surface area contributed by atoms with Crippen molar-refractivity contribution in [1.29, 1.82) is 0 Å². The summed E-state index contributed by atoms with van der Waals surface area (Å²) in [6, 6.07) is 14.1. The molecule has 2 N–H and O–H groups in total. The summed E-state index contributed by atoms with van der Waals surface area (Å²) in [5.41, 5.74) is 1.50. The molecular formula is C19H16N2O4S2. The van der Waals surface area contributed by atoms with Crippen LogP contribution in [0.4, 0.5) is 5.69 Å². The van der Waals surface area contributed by atoms with E-state index in [1.165, 1.54) is 11.8 Å². The van der Waals surface area contributed by atoms with Gasteiger partial charge < -0.3 is 20.1 Å². The minimum Gasteiger partial charge on any atom is -0.497 e. The molecule has 0 radical (unpaired) electrons. The van der Waals surface area contributed by atoms with Gasteiger partial charge in [-0.05, 0) is 48.0 Å². The highest BCUT2D eigenvalue weighted by molar-refractivity contribution is 8.26. The third-order valence-corrected chi connectivity index (χ3v) is 4.73. The molecule has 8 heteroatoms. The van der Waals surface area contributed by atoms with Crippen LogP contribution in [0.1, 0.15) is 5.56 Å². The summed E-state index contributed by atoms with van der Waals surface area (Å²) >= 11 is 6.18. The van der Waals surface area contributed by atoms with E-state index in [2.05, 4.69) is 10.6 Å². The Labute approximate surface area is 165 Å². The van der Waals surface area contributed by atoms with Crippen LogP contribution >= 0.6 is 24.0 Å². The van der Waals surface area contributed by atoms with Crippen LogP contribution in [0, 0.1) is 0 Å². The van der Waals surface area contributed by atoms with Crippen molar-refractivity contribution in [3.63, 3.8) is 0 Å². The molecular weight excluding hydrogens is 384 g/mol. The number of ether oxygens (including phenoxy) is 2. The van der Waals surface area contributed by atoms with Gasteiger partial charge in [0.2, 0.25) is 0 Å². The number of carbonyl (C=O) groups excluding carboxylic acids is 2.